The zero-order chi connectivity index (χ0) is 12.1. The Hall–Kier alpha value is -2.08. The first-order chi connectivity index (χ1) is 7.54. The highest BCUT2D eigenvalue weighted by Crippen LogP contribution is 2.14. The first-order valence-corrected chi connectivity index (χ1v) is 4.91. The van der Waals surface area contributed by atoms with Crippen LogP contribution in [0.2, 0.25) is 0 Å². The van der Waals surface area contributed by atoms with Crippen LogP contribution >= 0.6 is 0 Å². The summed E-state index contributed by atoms with van der Waals surface area (Å²) in [6, 6.07) is 8.43. The summed E-state index contributed by atoms with van der Waals surface area (Å²) in [6.45, 7) is 5.44. The number of carbonyl (C=O) groups is 1. The highest BCUT2D eigenvalue weighted by molar-refractivity contribution is 5.90. The van der Waals surface area contributed by atoms with Gasteiger partial charge < -0.3 is 4.74 Å². The van der Waals surface area contributed by atoms with Crippen LogP contribution in [0.5, 0.6) is 5.75 Å². The minimum Gasteiger partial charge on any atom is -0.423 e. The molecule has 0 aromatic heterocycles. The van der Waals surface area contributed by atoms with Gasteiger partial charge in [0, 0.05) is 5.57 Å². The molecule has 0 aliphatic carbocycles. The van der Waals surface area contributed by atoms with Crippen LogP contribution in [0.15, 0.2) is 35.4 Å². The second kappa shape index (κ2) is 5.13. The highest BCUT2D eigenvalue weighted by Gasteiger charge is 2.08. The Morgan fingerprint density at radius 2 is 1.75 bits per heavy atom. The number of nitriles is 1. The van der Waals surface area contributed by atoms with E-state index >= 15 is 0 Å². The van der Waals surface area contributed by atoms with Crippen LogP contribution in [-0.2, 0) is 4.79 Å². The number of rotatable bonds is 2. The van der Waals surface area contributed by atoms with E-state index in [1.807, 2.05) is 19.9 Å². The van der Waals surface area contributed by atoms with Gasteiger partial charge in [0.2, 0.25) is 0 Å². The predicted octanol–water partition coefficient (Wildman–Crippen LogP) is 2.82. The summed E-state index contributed by atoms with van der Waals surface area (Å²) in [5.74, 6) is 0.0920. The number of hydrogen-bond donors (Lipinski definition) is 0. The molecule has 0 N–H and O–H groups in total. The SMILES string of the molecule is CC(C)=C(C)C(=O)Oc1ccc(C#N)cc1. The summed E-state index contributed by atoms with van der Waals surface area (Å²) < 4.78 is 5.13. The van der Waals surface area contributed by atoms with Crippen LogP contribution in [0.25, 0.3) is 0 Å². The van der Waals surface area contributed by atoms with Crippen LogP contribution in [-0.4, -0.2) is 5.97 Å². The van der Waals surface area contributed by atoms with Crippen molar-refractivity contribution < 1.29 is 9.53 Å². The van der Waals surface area contributed by atoms with Crippen molar-refractivity contribution >= 4 is 5.97 Å². The van der Waals surface area contributed by atoms with Crippen LogP contribution in [0.4, 0.5) is 0 Å². The number of carbonyl (C=O) groups excluding carboxylic acids is 1. The molecule has 0 bridgehead atoms. The van der Waals surface area contributed by atoms with Crippen molar-refractivity contribution in [1.29, 1.82) is 5.26 Å². The molecule has 0 radical (unpaired) electrons. The molecule has 0 amide bonds. The molecule has 0 unspecified atom stereocenters. The number of ether oxygens (including phenoxy) is 1. The first-order valence-electron chi connectivity index (χ1n) is 4.91. The summed E-state index contributed by atoms with van der Waals surface area (Å²) >= 11 is 0. The molecule has 0 fully saturated rings. The zero-order valence-electron chi connectivity index (χ0n) is 9.57. The Kier molecular flexibility index (Phi) is 3.84. The quantitative estimate of drug-likeness (QED) is 0.433. The van der Waals surface area contributed by atoms with E-state index in [1.165, 1.54) is 0 Å². The minimum absolute atomic E-state index is 0.357. The maximum Gasteiger partial charge on any atom is 0.339 e. The Labute approximate surface area is 95.0 Å². The molecule has 82 valence electrons. The van der Waals surface area contributed by atoms with Gasteiger partial charge in [-0.25, -0.2) is 4.79 Å². The number of benzene rings is 1. The number of nitrogens with zero attached hydrogens (tertiary/aromatic N) is 1. The van der Waals surface area contributed by atoms with E-state index in [0.717, 1.165) is 5.57 Å². The van der Waals surface area contributed by atoms with E-state index in [0.29, 0.717) is 16.9 Å². The van der Waals surface area contributed by atoms with Crippen molar-refractivity contribution in [2.24, 2.45) is 0 Å². The summed E-state index contributed by atoms with van der Waals surface area (Å²) in [6.07, 6.45) is 0. The van der Waals surface area contributed by atoms with Gasteiger partial charge in [-0.15, -0.1) is 0 Å². The molecular formula is C13H13NO2. The second-order valence-corrected chi connectivity index (χ2v) is 3.65. The molecule has 1 rings (SSSR count). The maximum atomic E-state index is 11.6. The van der Waals surface area contributed by atoms with E-state index < -0.39 is 0 Å². The van der Waals surface area contributed by atoms with Crippen LogP contribution in [0.3, 0.4) is 0 Å². The molecule has 0 spiro atoms. The largest absolute Gasteiger partial charge is 0.423 e. The third-order valence-electron chi connectivity index (χ3n) is 2.25. The van der Waals surface area contributed by atoms with Crippen molar-refractivity contribution in [2.75, 3.05) is 0 Å². The normalized spacial score (nSPS) is 9.12. The smallest absolute Gasteiger partial charge is 0.339 e. The lowest BCUT2D eigenvalue weighted by molar-refractivity contribution is -0.130. The summed E-state index contributed by atoms with van der Waals surface area (Å²) in [5, 5.41) is 8.61. The fourth-order valence-electron chi connectivity index (χ4n) is 0.985. The van der Waals surface area contributed by atoms with Crippen molar-refractivity contribution in [3.8, 4) is 11.8 Å². The zero-order valence-corrected chi connectivity index (χ0v) is 9.57. The van der Waals surface area contributed by atoms with Gasteiger partial charge in [-0.2, -0.15) is 5.26 Å². The van der Waals surface area contributed by atoms with Gasteiger partial charge in [-0.3, -0.25) is 0 Å². The van der Waals surface area contributed by atoms with E-state index in [4.69, 9.17) is 10.00 Å². The molecule has 0 aliphatic rings. The average molecular weight is 215 g/mol. The maximum absolute atomic E-state index is 11.6. The predicted molar refractivity (Wildman–Crippen MR) is 60.8 cm³/mol. The van der Waals surface area contributed by atoms with E-state index in [2.05, 4.69) is 0 Å². The van der Waals surface area contributed by atoms with Crippen molar-refractivity contribution in [1.82, 2.24) is 0 Å². The van der Waals surface area contributed by atoms with Gasteiger partial charge >= 0.3 is 5.97 Å². The van der Waals surface area contributed by atoms with Gasteiger partial charge in [0.15, 0.2) is 0 Å². The van der Waals surface area contributed by atoms with Gasteiger partial charge in [0.25, 0.3) is 0 Å². The molecular weight excluding hydrogens is 202 g/mol. The lowest BCUT2D eigenvalue weighted by Gasteiger charge is -2.05. The summed E-state index contributed by atoms with van der Waals surface area (Å²) in [7, 11) is 0. The molecule has 0 heterocycles. The summed E-state index contributed by atoms with van der Waals surface area (Å²) in [5.41, 5.74) is 2.07. The number of esters is 1. The standard InChI is InChI=1S/C13H13NO2/c1-9(2)10(3)13(15)16-12-6-4-11(8-14)5-7-12/h4-7H,1-3H3. The third-order valence-corrected chi connectivity index (χ3v) is 2.25. The Morgan fingerprint density at radius 1 is 1.19 bits per heavy atom. The van der Waals surface area contributed by atoms with E-state index in [9.17, 15) is 4.79 Å². The fourth-order valence-corrected chi connectivity index (χ4v) is 0.985. The molecule has 0 saturated heterocycles. The Balaban J connectivity index is 2.79. The van der Waals surface area contributed by atoms with E-state index in [-0.39, 0.29) is 5.97 Å². The molecule has 0 aliphatic heterocycles. The number of hydrogen-bond acceptors (Lipinski definition) is 3. The molecule has 16 heavy (non-hydrogen) atoms. The van der Waals surface area contributed by atoms with Crippen LogP contribution < -0.4 is 4.74 Å². The third kappa shape index (κ3) is 2.96. The molecule has 3 heteroatoms. The van der Waals surface area contributed by atoms with Crippen LogP contribution in [0, 0.1) is 11.3 Å². The van der Waals surface area contributed by atoms with Gasteiger partial charge in [0.05, 0.1) is 11.6 Å². The monoisotopic (exact) mass is 215 g/mol. The Morgan fingerprint density at radius 3 is 2.19 bits per heavy atom. The summed E-state index contributed by atoms with van der Waals surface area (Å²) in [4.78, 5) is 11.6. The molecule has 0 atom stereocenters. The second-order valence-electron chi connectivity index (χ2n) is 3.65. The van der Waals surface area contributed by atoms with Gasteiger partial charge in [0.1, 0.15) is 5.75 Å². The molecule has 1 aromatic rings. The fraction of sp³-hybridized carbons (Fsp3) is 0.231. The Bertz CT molecular complexity index is 460. The highest BCUT2D eigenvalue weighted by atomic mass is 16.5. The van der Waals surface area contributed by atoms with Gasteiger partial charge in [-0.05, 0) is 45.0 Å². The molecule has 1 aromatic carbocycles. The topological polar surface area (TPSA) is 50.1 Å². The van der Waals surface area contributed by atoms with Crippen molar-refractivity contribution in [2.45, 2.75) is 20.8 Å². The minimum atomic E-state index is -0.357. The lowest BCUT2D eigenvalue weighted by Crippen LogP contribution is -2.10. The lowest BCUT2D eigenvalue weighted by atomic mass is 10.2. The van der Waals surface area contributed by atoms with Crippen LogP contribution in [0.1, 0.15) is 26.3 Å². The van der Waals surface area contributed by atoms with E-state index in [1.54, 1.807) is 31.2 Å². The molecule has 3 nitrogen and oxygen atoms in total. The van der Waals surface area contributed by atoms with Gasteiger partial charge in [-0.1, -0.05) is 5.57 Å². The first kappa shape index (κ1) is 12.0. The van der Waals surface area contributed by atoms with Crippen molar-refractivity contribution in [3.63, 3.8) is 0 Å². The molecule has 0 saturated carbocycles. The average Bonchev–Trinajstić information content (AvgIpc) is 2.28. The number of allylic oxidation sites excluding steroid dienone is 1. The van der Waals surface area contributed by atoms with Crippen molar-refractivity contribution in [3.05, 3.63) is 41.0 Å².